The number of nitrogens with zero attached hydrogens (tertiary/aromatic N) is 2. The van der Waals surface area contributed by atoms with E-state index in [1.165, 1.54) is 0 Å². The Morgan fingerprint density at radius 1 is 1.20 bits per heavy atom. The normalized spacial score (nSPS) is 21.4. The molecule has 25 heavy (non-hydrogen) atoms. The molecule has 0 bridgehead atoms. The minimum Gasteiger partial charge on any atom is -0.511 e. The number of hydrogen-bond donors (Lipinski definition) is 1. The third-order valence-corrected chi connectivity index (χ3v) is 4.60. The molecule has 0 radical (unpaired) electrons. The quantitative estimate of drug-likeness (QED) is 0.503. The molecule has 132 valence electrons. The van der Waals surface area contributed by atoms with Gasteiger partial charge in [0.1, 0.15) is 11.5 Å². The molecule has 1 aromatic rings. The highest BCUT2D eigenvalue weighted by Crippen LogP contribution is 2.27. The van der Waals surface area contributed by atoms with Crippen molar-refractivity contribution in [3.05, 3.63) is 41.0 Å². The summed E-state index contributed by atoms with van der Waals surface area (Å²) < 4.78 is 5.26. The number of carbonyl (C=O) groups is 2. The first kappa shape index (κ1) is 17.3. The summed E-state index contributed by atoms with van der Waals surface area (Å²) in [6, 6.07) is 0. The van der Waals surface area contributed by atoms with Gasteiger partial charge in [-0.15, -0.1) is 6.58 Å². The van der Waals surface area contributed by atoms with Crippen LogP contribution >= 0.6 is 0 Å². The SMILES string of the molecule is C=CCN=C1CCCC(=O)/C1=C(/O)CCc1noc2c1C(=O)CCC2. The number of ketones is 2. The Kier molecular flexibility index (Phi) is 5.26. The fraction of sp³-hybridized carbons (Fsp3) is 0.474. The molecule has 1 aromatic heterocycles. The number of fused-ring (bicyclic) bond motifs is 1. The molecule has 3 rings (SSSR count). The molecule has 0 spiro atoms. The highest BCUT2D eigenvalue weighted by Gasteiger charge is 2.28. The zero-order valence-electron chi connectivity index (χ0n) is 14.2. The van der Waals surface area contributed by atoms with E-state index in [1.54, 1.807) is 6.08 Å². The standard InChI is InChI=1S/C19H22N2O4/c1-2-11-20-12-5-3-6-14(22)18(12)16(24)10-9-13-19-15(23)7-4-8-17(19)25-21-13/h2,24H,1,3-11H2/b18-16+,20-12?. The highest BCUT2D eigenvalue weighted by atomic mass is 16.5. The predicted molar refractivity (Wildman–Crippen MR) is 93.1 cm³/mol. The Hall–Kier alpha value is -2.50. The first-order chi connectivity index (χ1) is 12.1. The molecule has 6 nitrogen and oxygen atoms in total. The van der Waals surface area contributed by atoms with Crippen LogP contribution in [-0.4, -0.2) is 34.1 Å². The molecule has 1 saturated carbocycles. The molecular formula is C19H22N2O4. The van der Waals surface area contributed by atoms with E-state index in [-0.39, 0.29) is 23.7 Å². The van der Waals surface area contributed by atoms with Crippen LogP contribution in [0.1, 0.15) is 60.3 Å². The summed E-state index contributed by atoms with van der Waals surface area (Å²) in [5.74, 6) is 0.629. The zero-order valence-corrected chi connectivity index (χ0v) is 14.2. The molecule has 0 aliphatic heterocycles. The lowest BCUT2D eigenvalue weighted by Crippen LogP contribution is -2.22. The van der Waals surface area contributed by atoms with Crippen molar-refractivity contribution >= 4 is 17.3 Å². The number of aliphatic hydroxyl groups is 1. The van der Waals surface area contributed by atoms with Crippen molar-refractivity contribution in [3.63, 3.8) is 0 Å². The minimum absolute atomic E-state index is 0.0209. The molecular weight excluding hydrogens is 320 g/mol. The molecule has 1 heterocycles. The maximum Gasteiger partial charge on any atom is 0.168 e. The summed E-state index contributed by atoms with van der Waals surface area (Å²) in [4.78, 5) is 28.7. The Bertz CT molecular complexity index is 770. The summed E-state index contributed by atoms with van der Waals surface area (Å²) in [6.07, 6.45) is 6.12. The van der Waals surface area contributed by atoms with Crippen molar-refractivity contribution in [2.75, 3.05) is 6.54 Å². The van der Waals surface area contributed by atoms with E-state index < -0.39 is 0 Å². The van der Waals surface area contributed by atoms with E-state index in [4.69, 9.17) is 4.52 Å². The number of aromatic nitrogens is 1. The molecule has 0 unspecified atom stereocenters. The van der Waals surface area contributed by atoms with Crippen molar-refractivity contribution in [2.45, 2.75) is 51.4 Å². The van der Waals surface area contributed by atoms with Gasteiger partial charge in [-0.05, 0) is 19.3 Å². The van der Waals surface area contributed by atoms with E-state index >= 15 is 0 Å². The second kappa shape index (κ2) is 7.59. The first-order valence-electron chi connectivity index (χ1n) is 8.72. The number of aliphatic imine (C=N–C) groups is 1. The third-order valence-electron chi connectivity index (χ3n) is 4.60. The fourth-order valence-electron chi connectivity index (χ4n) is 3.40. The topological polar surface area (TPSA) is 92.8 Å². The van der Waals surface area contributed by atoms with Crippen LogP contribution in [0.2, 0.25) is 0 Å². The average Bonchev–Trinajstić information content (AvgIpc) is 3.02. The van der Waals surface area contributed by atoms with Gasteiger partial charge in [0, 0.05) is 37.8 Å². The molecule has 2 aliphatic carbocycles. The lowest BCUT2D eigenvalue weighted by molar-refractivity contribution is -0.115. The molecule has 2 aliphatic rings. The van der Waals surface area contributed by atoms with Crippen LogP contribution in [0.15, 0.2) is 33.5 Å². The number of carbonyl (C=O) groups excluding carboxylic acids is 2. The molecule has 1 N–H and O–H groups in total. The van der Waals surface area contributed by atoms with Crippen molar-refractivity contribution in [3.8, 4) is 0 Å². The second-order valence-corrected chi connectivity index (χ2v) is 6.38. The van der Waals surface area contributed by atoms with Gasteiger partial charge in [0.15, 0.2) is 11.6 Å². The van der Waals surface area contributed by atoms with Crippen molar-refractivity contribution < 1.29 is 19.2 Å². The van der Waals surface area contributed by atoms with Crippen LogP contribution in [0, 0.1) is 0 Å². The number of hydrogen-bond acceptors (Lipinski definition) is 6. The van der Waals surface area contributed by atoms with Gasteiger partial charge in [-0.3, -0.25) is 14.6 Å². The van der Waals surface area contributed by atoms with Crippen LogP contribution in [0.3, 0.4) is 0 Å². The summed E-state index contributed by atoms with van der Waals surface area (Å²) in [6.45, 7) is 4.05. The van der Waals surface area contributed by atoms with Gasteiger partial charge >= 0.3 is 0 Å². The number of aryl methyl sites for hydroxylation is 2. The maximum absolute atomic E-state index is 12.2. The monoisotopic (exact) mass is 342 g/mol. The summed E-state index contributed by atoms with van der Waals surface area (Å²) in [7, 11) is 0. The lowest BCUT2D eigenvalue weighted by atomic mass is 9.89. The summed E-state index contributed by atoms with van der Waals surface area (Å²) >= 11 is 0. The highest BCUT2D eigenvalue weighted by molar-refractivity contribution is 6.24. The molecule has 6 heteroatoms. The molecule has 0 aromatic carbocycles. The van der Waals surface area contributed by atoms with Crippen molar-refractivity contribution in [2.24, 2.45) is 4.99 Å². The molecule has 0 amide bonds. The van der Waals surface area contributed by atoms with Gasteiger partial charge in [-0.1, -0.05) is 11.2 Å². The van der Waals surface area contributed by atoms with Crippen LogP contribution in [-0.2, 0) is 17.6 Å². The van der Waals surface area contributed by atoms with E-state index in [2.05, 4.69) is 16.7 Å². The fourth-order valence-corrected chi connectivity index (χ4v) is 3.40. The largest absolute Gasteiger partial charge is 0.511 e. The third kappa shape index (κ3) is 3.62. The first-order valence-corrected chi connectivity index (χ1v) is 8.72. The van der Waals surface area contributed by atoms with Gasteiger partial charge in [-0.2, -0.15) is 0 Å². The summed E-state index contributed by atoms with van der Waals surface area (Å²) in [5.41, 5.74) is 2.11. The van der Waals surface area contributed by atoms with Gasteiger partial charge in [0.2, 0.25) is 0 Å². The van der Waals surface area contributed by atoms with E-state index in [1.807, 2.05) is 0 Å². The Morgan fingerprint density at radius 3 is 2.76 bits per heavy atom. The van der Waals surface area contributed by atoms with Crippen LogP contribution in [0.25, 0.3) is 0 Å². The smallest absolute Gasteiger partial charge is 0.168 e. The lowest BCUT2D eigenvalue weighted by Gasteiger charge is -2.17. The number of aliphatic hydroxyl groups excluding tert-OH is 1. The molecule has 1 fully saturated rings. The van der Waals surface area contributed by atoms with Crippen LogP contribution in [0.4, 0.5) is 0 Å². The second-order valence-electron chi connectivity index (χ2n) is 6.38. The number of rotatable bonds is 5. The van der Waals surface area contributed by atoms with Crippen LogP contribution < -0.4 is 0 Å². The minimum atomic E-state index is -0.0789. The molecule has 0 saturated heterocycles. The predicted octanol–water partition coefficient (Wildman–Crippen LogP) is 3.32. The van der Waals surface area contributed by atoms with Crippen molar-refractivity contribution in [1.29, 1.82) is 0 Å². The Labute approximate surface area is 146 Å². The van der Waals surface area contributed by atoms with E-state index in [9.17, 15) is 14.7 Å². The number of allylic oxidation sites excluding steroid dienone is 2. The van der Waals surface area contributed by atoms with Gasteiger partial charge in [0.25, 0.3) is 0 Å². The zero-order chi connectivity index (χ0) is 17.8. The van der Waals surface area contributed by atoms with Gasteiger partial charge < -0.3 is 9.63 Å². The van der Waals surface area contributed by atoms with Crippen LogP contribution in [0.5, 0.6) is 0 Å². The Morgan fingerprint density at radius 2 is 1.96 bits per heavy atom. The Balaban J connectivity index is 1.80. The van der Waals surface area contributed by atoms with Crippen molar-refractivity contribution in [1.82, 2.24) is 5.16 Å². The van der Waals surface area contributed by atoms with Gasteiger partial charge in [-0.25, -0.2) is 0 Å². The summed E-state index contributed by atoms with van der Waals surface area (Å²) in [5, 5.41) is 14.5. The van der Waals surface area contributed by atoms with E-state index in [0.717, 1.165) is 19.3 Å². The van der Waals surface area contributed by atoms with E-state index in [0.29, 0.717) is 60.5 Å². The average molecular weight is 342 g/mol. The number of Topliss-reactive ketones (excluding diaryl/α,β-unsaturated/α-hetero) is 2. The maximum atomic E-state index is 12.2. The molecule has 0 atom stereocenters. The van der Waals surface area contributed by atoms with Gasteiger partial charge in [0.05, 0.1) is 23.4 Å².